The summed E-state index contributed by atoms with van der Waals surface area (Å²) < 4.78 is 28.5. The molecule has 0 aliphatic heterocycles. The Morgan fingerprint density at radius 2 is 2.09 bits per heavy atom. The first-order valence-corrected chi connectivity index (χ1v) is 13.9. The molecule has 0 unspecified atom stereocenters. The maximum Gasteiger partial charge on any atom is 0.179 e. The smallest absolute Gasteiger partial charge is 0.179 e. The van der Waals surface area contributed by atoms with Crippen LogP contribution < -0.4 is 0 Å². The van der Waals surface area contributed by atoms with Crippen molar-refractivity contribution in [2.45, 2.75) is 68.7 Å². The minimum atomic E-state index is -3.42. The van der Waals surface area contributed by atoms with Crippen LogP contribution in [0.3, 0.4) is 0 Å². The minimum Gasteiger partial charge on any atom is -0.299 e. The zero-order valence-electron chi connectivity index (χ0n) is 18.3. The number of hydrogen-bond donors (Lipinski definition) is 0. The molecule has 0 bridgehead atoms. The van der Waals surface area contributed by atoms with E-state index in [2.05, 4.69) is 21.1 Å². The van der Waals surface area contributed by atoms with Crippen molar-refractivity contribution in [3.8, 4) is 0 Å². The van der Waals surface area contributed by atoms with E-state index in [-0.39, 0.29) is 29.9 Å². The monoisotopic (exact) mass is 472 g/mol. The van der Waals surface area contributed by atoms with Gasteiger partial charge in [-0.15, -0.1) is 11.3 Å². The number of Topliss-reactive ketones (excluding diaryl/α,β-unsaturated/α-hetero) is 1. The van der Waals surface area contributed by atoms with Crippen molar-refractivity contribution in [1.82, 2.24) is 9.78 Å². The fourth-order valence-corrected chi connectivity index (χ4v) is 8.04. The SMILES string of the molecule is Cn1nccc1N=C=N[C@H]1CCc2sc(CC(=O)C3CC3)c(S(=O)(=O)CCC3CC3)c2C1. The summed E-state index contributed by atoms with van der Waals surface area (Å²) in [5, 5.41) is 4.08. The molecule has 3 aliphatic carbocycles. The number of fused-ring (bicyclic) bond motifs is 1. The summed E-state index contributed by atoms with van der Waals surface area (Å²) in [5.74, 6) is 1.74. The van der Waals surface area contributed by atoms with Crippen molar-refractivity contribution >= 4 is 38.8 Å². The average molecular weight is 473 g/mol. The van der Waals surface area contributed by atoms with Crippen LogP contribution in [0.1, 0.15) is 53.8 Å². The molecule has 2 saturated carbocycles. The molecule has 2 heterocycles. The van der Waals surface area contributed by atoms with Crippen molar-refractivity contribution < 1.29 is 13.2 Å². The third-order valence-corrected chi connectivity index (χ3v) is 9.93. The van der Waals surface area contributed by atoms with Crippen LogP contribution in [-0.4, -0.2) is 41.8 Å². The molecule has 9 heteroatoms. The molecule has 5 rings (SSSR count). The Balaban J connectivity index is 1.42. The number of rotatable bonds is 9. The molecular weight excluding hydrogens is 444 g/mol. The normalized spacial score (nSPS) is 20.5. The Morgan fingerprint density at radius 3 is 2.78 bits per heavy atom. The number of aromatic nitrogens is 2. The lowest BCUT2D eigenvalue weighted by Gasteiger charge is -2.19. The maximum atomic E-state index is 13.4. The van der Waals surface area contributed by atoms with E-state index in [9.17, 15) is 13.2 Å². The van der Waals surface area contributed by atoms with E-state index in [0.29, 0.717) is 23.1 Å². The van der Waals surface area contributed by atoms with Crippen molar-refractivity contribution in [1.29, 1.82) is 0 Å². The number of carbonyl (C=O) groups is 1. The zero-order valence-corrected chi connectivity index (χ0v) is 19.9. The highest BCUT2D eigenvalue weighted by atomic mass is 32.2. The number of sulfone groups is 1. The van der Waals surface area contributed by atoms with Crippen LogP contribution in [0.4, 0.5) is 5.82 Å². The van der Waals surface area contributed by atoms with Gasteiger partial charge < -0.3 is 0 Å². The fourth-order valence-electron chi connectivity index (χ4n) is 4.36. The summed E-state index contributed by atoms with van der Waals surface area (Å²) >= 11 is 1.54. The predicted octanol–water partition coefficient (Wildman–Crippen LogP) is 3.94. The molecule has 32 heavy (non-hydrogen) atoms. The van der Waals surface area contributed by atoms with E-state index in [1.165, 1.54) is 0 Å². The second-order valence-electron chi connectivity index (χ2n) is 9.27. The Morgan fingerprint density at radius 1 is 1.28 bits per heavy atom. The lowest BCUT2D eigenvalue weighted by Crippen LogP contribution is -2.19. The first kappa shape index (κ1) is 21.7. The predicted molar refractivity (Wildman–Crippen MR) is 124 cm³/mol. The largest absolute Gasteiger partial charge is 0.299 e. The minimum absolute atomic E-state index is 0.0570. The number of nitrogens with zero attached hydrogens (tertiary/aromatic N) is 4. The zero-order chi connectivity index (χ0) is 22.3. The lowest BCUT2D eigenvalue weighted by atomic mass is 9.94. The molecule has 0 amide bonds. The summed E-state index contributed by atoms with van der Waals surface area (Å²) in [4.78, 5) is 23.6. The van der Waals surface area contributed by atoms with Crippen molar-refractivity contribution in [2.75, 3.05) is 5.75 Å². The first-order valence-electron chi connectivity index (χ1n) is 11.4. The topological polar surface area (TPSA) is 93.8 Å². The quantitative estimate of drug-likeness (QED) is 0.517. The molecule has 0 radical (unpaired) electrons. The van der Waals surface area contributed by atoms with Crippen LogP contribution in [0.15, 0.2) is 27.1 Å². The second-order valence-corrected chi connectivity index (χ2v) is 12.5. The van der Waals surface area contributed by atoms with Crippen LogP contribution >= 0.6 is 11.3 Å². The molecule has 2 aromatic rings. The third kappa shape index (κ3) is 4.80. The number of aliphatic imine (C=N–C) groups is 2. The molecule has 7 nitrogen and oxygen atoms in total. The van der Waals surface area contributed by atoms with Crippen LogP contribution in [0.2, 0.25) is 0 Å². The number of carbonyl (C=O) groups excluding carboxylic acids is 1. The Bertz CT molecular complexity index is 1200. The highest BCUT2D eigenvalue weighted by Crippen LogP contribution is 2.41. The number of ketones is 1. The van der Waals surface area contributed by atoms with Crippen LogP contribution in [0.5, 0.6) is 0 Å². The van der Waals surface area contributed by atoms with E-state index >= 15 is 0 Å². The first-order chi connectivity index (χ1) is 15.4. The van der Waals surface area contributed by atoms with Crippen LogP contribution in [0, 0.1) is 11.8 Å². The van der Waals surface area contributed by atoms with Crippen molar-refractivity contribution in [2.24, 2.45) is 28.9 Å². The summed E-state index contributed by atoms with van der Waals surface area (Å²) in [7, 11) is -1.61. The second kappa shape index (κ2) is 8.69. The highest BCUT2D eigenvalue weighted by Gasteiger charge is 2.36. The van der Waals surface area contributed by atoms with E-state index in [1.54, 1.807) is 28.3 Å². The maximum absolute atomic E-state index is 13.4. The van der Waals surface area contributed by atoms with Crippen LogP contribution in [-0.2, 0) is 40.9 Å². The molecule has 3 aliphatic rings. The molecular formula is C23H28N4O3S2. The standard InChI is InChI=1S/C23H28N4O3S2/c1-27-22(8-10-26-27)25-14-24-17-6-7-20-18(12-17)23(32(29,30)11-9-15-2-3-15)21(31-20)13-19(28)16-4-5-16/h8,10,15-17H,2-7,9,11-13H2,1H3/t17-/m0/s1. The average Bonchev–Trinajstić information content (AvgIpc) is 3.68. The van der Waals surface area contributed by atoms with E-state index < -0.39 is 9.84 Å². The van der Waals surface area contributed by atoms with Gasteiger partial charge >= 0.3 is 0 Å². The van der Waals surface area contributed by atoms with Gasteiger partial charge in [0, 0.05) is 35.2 Å². The van der Waals surface area contributed by atoms with Gasteiger partial charge in [0.2, 0.25) is 0 Å². The van der Waals surface area contributed by atoms with Gasteiger partial charge in [0.05, 0.1) is 28.9 Å². The van der Waals surface area contributed by atoms with Gasteiger partial charge in [-0.25, -0.2) is 13.4 Å². The number of thiophene rings is 1. The summed E-state index contributed by atoms with van der Waals surface area (Å²) in [5.41, 5.74) is 0.895. The number of hydrogen-bond acceptors (Lipinski definition) is 7. The van der Waals surface area contributed by atoms with Gasteiger partial charge in [-0.05, 0) is 50.0 Å². The van der Waals surface area contributed by atoms with Gasteiger partial charge in [0.15, 0.2) is 15.7 Å². The fraction of sp³-hybridized carbons (Fsp3) is 0.609. The van der Waals surface area contributed by atoms with E-state index in [0.717, 1.165) is 60.3 Å². The van der Waals surface area contributed by atoms with Crippen molar-refractivity contribution in [3.05, 3.63) is 27.6 Å². The molecule has 1 atom stereocenters. The molecule has 0 saturated heterocycles. The lowest BCUT2D eigenvalue weighted by molar-refractivity contribution is -0.119. The van der Waals surface area contributed by atoms with Crippen molar-refractivity contribution in [3.63, 3.8) is 0 Å². The highest BCUT2D eigenvalue weighted by molar-refractivity contribution is 7.91. The number of aryl methyl sites for hydroxylation is 2. The summed E-state index contributed by atoms with van der Waals surface area (Å²) in [6.45, 7) is 0. The molecule has 2 aromatic heterocycles. The Hall–Kier alpha value is -2.09. The summed E-state index contributed by atoms with van der Waals surface area (Å²) in [6.07, 6.45) is 8.99. The van der Waals surface area contributed by atoms with Gasteiger partial charge in [-0.2, -0.15) is 10.1 Å². The van der Waals surface area contributed by atoms with E-state index in [4.69, 9.17) is 0 Å². The molecule has 0 N–H and O–H groups in total. The van der Waals surface area contributed by atoms with Gasteiger partial charge in [0.1, 0.15) is 5.78 Å². The summed E-state index contributed by atoms with van der Waals surface area (Å²) in [6, 6.07) is 4.52. The molecule has 2 fully saturated rings. The van der Waals surface area contributed by atoms with E-state index in [1.807, 2.05) is 7.05 Å². The van der Waals surface area contributed by atoms with Crippen LogP contribution in [0.25, 0.3) is 0 Å². The molecule has 0 aromatic carbocycles. The van der Waals surface area contributed by atoms with Gasteiger partial charge in [-0.3, -0.25) is 9.48 Å². The Kier molecular flexibility index (Phi) is 5.90. The van der Waals surface area contributed by atoms with Gasteiger partial charge in [0.25, 0.3) is 0 Å². The Labute approximate surface area is 192 Å². The molecule has 170 valence electrons. The van der Waals surface area contributed by atoms with Gasteiger partial charge in [-0.1, -0.05) is 12.8 Å². The third-order valence-electron chi connectivity index (χ3n) is 6.62. The molecule has 0 spiro atoms.